The Morgan fingerprint density at radius 2 is 2.00 bits per heavy atom. The Hall–Kier alpha value is -1.30. The van der Waals surface area contributed by atoms with Crippen LogP contribution in [-0.4, -0.2) is 64.3 Å². The Kier molecular flexibility index (Phi) is 4.29. The van der Waals surface area contributed by atoms with Crippen LogP contribution in [0.1, 0.15) is 26.2 Å². The quantitative estimate of drug-likeness (QED) is 0.787. The molecule has 3 unspecified atom stereocenters. The first-order chi connectivity index (χ1) is 9.04. The third-order valence-corrected chi connectivity index (χ3v) is 4.29. The zero-order valence-electron chi connectivity index (χ0n) is 11.3. The molecule has 0 aromatic heterocycles. The molecule has 0 aliphatic carbocycles. The molecule has 0 saturated carbocycles. The fourth-order valence-corrected chi connectivity index (χ4v) is 3.14. The molecule has 0 radical (unpaired) electrons. The van der Waals surface area contributed by atoms with Crippen molar-refractivity contribution in [3.63, 3.8) is 0 Å². The van der Waals surface area contributed by atoms with Gasteiger partial charge in [0.05, 0.1) is 0 Å². The number of aliphatic hydroxyl groups excluding tert-OH is 1. The average Bonchev–Trinajstić information content (AvgIpc) is 2.95. The lowest BCUT2D eigenvalue weighted by Gasteiger charge is -2.28. The van der Waals surface area contributed by atoms with Crippen molar-refractivity contribution in [2.24, 2.45) is 11.8 Å². The lowest BCUT2D eigenvalue weighted by Crippen LogP contribution is -2.48. The average molecular weight is 270 g/mol. The van der Waals surface area contributed by atoms with Gasteiger partial charge in [-0.2, -0.15) is 0 Å². The van der Waals surface area contributed by atoms with Crippen LogP contribution in [0.5, 0.6) is 0 Å². The van der Waals surface area contributed by atoms with E-state index in [1.54, 1.807) is 4.90 Å². The molecule has 2 amide bonds. The summed E-state index contributed by atoms with van der Waals surface area (Å²) in [6.07, 6.45) is 2.35. The zero-order valence-corrected chi connectivity index (χ0v) is 11.3. The van der Waals surface area contributed by atoms with Crippen LogP contribution in [0, 0.1) is 11.8 Å². The van der Waals surface area contributed by atoms with Crippen LogP contribution >= 0.6 is 0 Å². The number of aliphatic hydroxyl groups is 1. The molecule has 2 heterocycles. The topological polar surface area (TPSA) is 81.1 Å². The molecule has 0 aromatic rings. The van der Waals surface area contributed by atoms with E-state index in [4.69, 9.17) is 5.11 Å². The van der Waals surface area contributed by atoms with Gasteiger partial charge in [0.2, 0.25) is 0 Å². The van der Waals surface area contributed by atoms with Gasteiger partial charge in [0.1, 0.15) is 6.04 Å². The standard InChI is InChI=1S/C13H22N2O4/c1-9-2-6-15(11(9)12(17)18)13(19)14-5-3-10(8-14)4-7-16/h9-11,16H,2-8H2,1H3,(H,17,18). The van der Waals surface area contributed by atoms with Crippen molar-refractivity contribution in [3.05, 3.63) is 0 Å². The maximum Gasteiger partial charge on any atom is 0.326 e. The van der Waals surface area contributed by atoms with E-state index >= 15 is 0 Å². The number of amides is 2. The lowest BCUT2D eigenvalue weighted by molar-refractivity contribution is -0.142. The second-order valence-corrected chi connectivity index (χ2v) is 5.64. The van der Waals surface area contributed by atoms with Gasteiger partial charge in [0, 0.05) is 26.2 Å². The molecule has 2 N–H and O–H groups in total. The van der Waals surface area contributed by atoms with E-state index < -0.39 is 12.0 Å². The fraction of sp³-hybridized carbons (Fsp3) is 0.846. The van der Waals surface area contributed by atoms with Crippen LogP contribution in [0.25, 0.3) is 0 Å². The van der Waals surface area contributed by atoms with E-state index in [0.29, 0.717) is 32.0 Å². The summed E-state index contributed by atoms with van der Waals surface area (Å²) in [5.74, 6) is -0.556. The number of carbonyl (C=O) groups is 2. The molecule has 2 fully saturated rings. The van der Waals surface area contributed by atoms with Crippen LogP contribution in [0.3, 0.4) is 0 Å². The number of aliphatic carboxylic acids is 1. The molecule has 108 valence electrons. The highest BCUT2D eigenvalue weighted by molar-refractivity contribution is 5.83. The van der Waals surface area contributed by atoms with E-state index in [1.807, 2.05) is 6.92 Å². The summed E-state index contributed by atoms with van der Waals surface area (Å²) in [4.78, 5) is 26.9. The SMILES string of the molecule is CC1CCN(C(=O)N2CCC(CCO)C2)C1C(=O)O. The molecule has 2 saturated heterocycles. The smallest absolute Gasteiger partial charge is 0.326 e. The molecule has 2 rings (SSSR count). The molecule has 0 spiro atoms. The number of urea groups is 1. The van der Waals surface area contributed by atoms with Crippen molar-refractivity contribution in [2.75, 3.05) is 26.2 Å². The Morgan fingerprint density at radius 1 is 1.26 bits per heavy atom. The minimum absolute atomic E-state index is 0.0114. The number of carboxylic acids is 1. The summed E-state index contributed by atoms with van der Waals surface area (Å²) in [7, 11) is 0. The summed E-state index contributed by atoms with van der Waals surface area (Å²) in [6.45, 7) is 3.85. The molecule has 19 heavy (non-hydrogen) atoms. The second kappa shape index (κ2) is 5.77. The summed E-state index contributed by atoms with van der Waals surface area (Å²) >= 11 is 0. The van der Waals surface area contributed by atoms with Crippen molar-refractivity contribution in [3.8, 4) is 0 Å². The van der Waals surface area contributed by atoms with Gasteiger partial charge in [-0.15, -0.1) is 0 Å². The van der Waals surface area contributed by atoms with Crippen molar-refractivity contribution in [1.82, 2.24) is 9.80 Å². The third kappa shape index (κ3) is 2.83. The molecular formula is C13H22N2O4. The van der Waals surface area contributed by atoms with Gasteiger partial charge in [-0.05, 0) is 31.1 Å². The zero-order chi connectivity index (χ0) is 14.0. The monoisotopic (exact) mass is 270 g/mol. The summed E-state index contributed by atoms with van der Waals surface area (Å²) in [5, 5.41) is 18.2. The van der Waals surface area contributed by atoms with Crippen molar-refractivity contribution >= 4 is 12.0 Å². The van der Waals surface area contributed by atoms with Crippen LogP contribution in [-0.2, 0) is 4.79 Å². The third-order valence-electron chi connectivity index (χ3n) is 4.29. The van der Waals surface area contributed by atoms with Crippen LogP contribution in [0.2, 0.25) is 0 Å². The summed E-state index contributed by atoms with van der Waals surface area (Å²) in [5.41, 5.74) is 0. The molecule has 3 atom stereocenters. The highest BCUT2D eigenvalue weighted by Crippen LogP contribution is 2.27. The first kappa shape index (κ1) is 14.1. The van der Waals surface area contributed by atoms with Crippen LogP contribution < -0.4 is 0 Å². The number of likely N-dealkylation sites (tertiary alicyclic amines) is 2. The van der Waals surface area contributed by atoms with E-state index in [2.05, 4.69) is 0 Å². The van der Waals surface area contributed by atoms with Gasteiger partial charge in [-0.3, -0.25) is 0 Å². The second-order valence-electron chi connectivity index (χ2n) is 5.64. The number of nitrogens with zero attached hydrogens (tertiary/aromatic N) is 2. The van der Waals surface area contributed by atoms with Crippen molar-refractivity contribution < 1.29 is 19.8 Å². The normalized spacial score (nSPS) is 30.9. The van der Waals surface area contributed by atoms with Gasteiger partial charge in [0.15, 0.2) is 0 Å². The van der Waals surface area contributed by atoms with Crippen LogP contribution in [0.15, 0.2) is 0 Å². The largest absolute Gasteiger partial charge is 0.480 e. The minimum atomic E-state index is -0.913. The van der Waals surface area contributed by atoms with Crippen LogP contribution in [0.4, 0.5) is 4.79 Å². The molecule has 2 aliphatic heterocycles. The first-order valence-corrected chi connectivity index (χ1v) is 6.93. The maximum absolute atomic E-state index is 12.4. The number of hydrogen-bond acceptors (Lipinski definition) is 3. The molecule has 6 heteroatoms. The Morgan fingerprint density at radius 3 is 2.63 bits per heavy atom. The lowest BCUT2D eigenvalue weighted by atomic mass is 10.0. The van der Waals surface area contributed by atoms with Gasteiger partial charge in [0.25, 0.3) is 0 Å². The van der Waals surface area contributed by atoms with Gasteiger partial charge in [-0.25, -0.2) is 9.59 Å². The summed E-state index contributed by atoms with van der Waals surface area (Å²) in [6, 6.07) is -0.846. The molecule has 0 bridgehead atoms. The number of carboxylic acid groups (broad SMARTS) is 1. The molecule has 0 aromatic carbocycles. The van der Waals surface area contributed by atoms with Gasteiger partial charge in [-0.1, -0.05) is 6.92 Å². The highest BCUT2D eigenvalue weighted by atomic mass is 16.4. The fourth-order valence-electron chi connectivity index (χ4n) is 3.14. The Balaban J connectivity index is 1.98. The Labute approximate surface area is 113 Å². The first-order valence-electron chi connectivity index (χ1n) is 6.93. The molecular weight excluding hydrogens is 248 g/mol. The van der Waals surface area contributed by atoms with E-state index in [9.17, 15) is 14.7 Å². The van der Waals surface area contributed by atoms with Gasteiger partial charge >= 0.3 is 12.0 Å². The highest BCUT2D eigenvalue weighted by Gasteiger charge is 2.42. The van der Waals surface area contributed by atoms with Crippen molar-refractivity contribution in [1.29, 1.82) is 0 Å². The van der Waals surface area contributed by atoms with E-state index in [0.717, 1.165) is 12.8 Å². The van der Waals surface area contributed by atoms with E-state index in [-0.39, 0.29) is 18.6 Å². The molecule has 2 aliphatic rings. The number of rotatable bonds is 3. The predicted molar refractivity (Wildman–Crippen MR) is 68.7 cm³/mol. The summed E-state index contributed by atoms with van der Waals surface area (Å²) < 4.78 is 0. The number of carbonyl (C=O) groups excluding carboxylic acids is 1. The molecule has 6 nitrogen and oxygen atoms in total. The Bertz CT molecular complexity index is 361. The van der Waals surface area contributed by atoms with Crippen molar-refractivity contribution in [2.45, 2.75) is 32.2 Å². The number of hydrogen-bond donors (Lipinski definition) is 2. The predicted octanol–water partition coefficient (Wildman–Crippen LogP) is 0.606. The maximum atomic E-state index is 12.4. The minimum Gasteiger partial charge on any atom is -0.480 e. The van der Waals surface area contributed by atoms with Gasteiger partial charge < -0.3 is 20.0 Å². The van der Waals surface area contributed by atoms with E-state index in [1.165, 1.54) is 4.90 Å².